The number of rotatable bonds is 0. The molecule has 0 spiro atoms. The fraction of sp³-hybridized carbons (Fsp3) is 0. The van der Waals surface area contributed by atoms with Gasteiger partial charge in [-0.1, -0.05) is 0 Å². The molecule has 0 aliphatic carbocycles. The SMILES string of the molecule is O.O.[Ca+2].[Cl-].[Cl-].[Cl-].[Na+]. The minimum absolute atomic E-state index is 0. The van der Waals surface area contributed by atoms with Crippen LogP contribution in [0.25, 0.3) is 0 Å². The molecule has 0 amide bonds. The van der Waals surface area contributed by atoms with Gasteiger partial charge >= 0.3 is 67.3 Å². The van der Waals surface area contributed by atoms with Crippen molar-refractivity contribution in [1.29, 1.82) is 0 Å². The van der Waals surface area contributed by atoms with Gasteiger partial charge in [-0.15, -0.1) is 0 Å². The second kappa shape index (κ2) is 63.0. The van der Waals surface area contributed by atoms with E-state index in [0.717, 1.165) is 0 Å². The van der Waals surface area contributed by atoms with Crippen LogP contribution in [0.15, 0.2) is 0 Å². The number of hydrogen-bond donors (Lipinski definition) is 0. The minimum atomic E-state index is 0. The predicted octanol–water partition coefficient (Wildman–Crippen LogP) is -14.0. The van der Waals surface area contributed by atoms with Crippen molar-refractivity contribution in [3.63, 3.8) is 0 Å². The van der Waals surface area contributed by atoms with Crippen LogP contribution in [-0.2, 0) is 0 Å². The molecule has 2 nitrogen and oxygen atoms in total. The van der Waals surface area contributed by atoms with Crippen LogP contribution >= 0.6 is 0 Å². The third kappa shape index (κ3) is 48.4. The summed E-state index contributed by atoms with van der Waals surface area (Å²) in [5, 5.41) is 0. The van der Waals surface area contributed by atoms with Crippen LogP contribution in [-0.4, -0.2) is 48.7 Å². The Bertz CT molecular complexity index is 12.9. The van der Waals surface area contributed by atoms with E-state index >= 15 is 0 Å². The predicted molar refractivity (Wildman–Crippen MR) is 13.0 cm³/mol. The molecule has 7 heavy (non-hydrogen) atoms. The molecule has 0 bridgehead atoms. The Hall–Kier alpha value is 3.05. The average molecular weight is 205 g/mol. The van der Waals surface area contributed by atoms with E-state index in [0.29, 0.717) is 0 Å². The molecule has 0 atom stereocenters. The molecule has 0 rings (SSSR count). The van der Waals surface area contributed by atoms with E-state index in [1.165, 1.54) is 0 Å². The number of halogens is 3. The molecule has 0 radical (unpaired) electrons. The molecular weight excluding hydrogens is 201 g/mol. The summed E-state index contributed by atoms with van der Waals surface area (Å²) in [5.41, 5.74) is 0. The van der Waals surface area contributed by atoms with Crippen molar-refractivity contribution in [1.82, 2.24) is 0 Å². The van der Waals surface area contributed by atoms with Crippen molar-refractivity contribution in [3.8, 4) is 0 Å². The maximum atomic E-state index is 0. The van der Waals surface area contributed by atoms with Gasteiger partial charge < -0.3 is 48.2 Å². The van der Waals surface area contributed by atoms with E-state index in [9.17, 15) is 0 Å². The summed E-state index contributed by atoms with van der Waals surface area (Å²) in [7, 11) is 0. The van der Waals surface area contributed by atoms with Crippen LogP contribution in [0.1, 0.15) is 0 Å². The molecule has 0 aliphatic rings. The minimum Gasteiger partial charge on any atom is -1.00 e. The zero-order valence-corrected chi connectivity index (χ0v) is 10.3. The van der Waals surface area contributed by atoms with E-state index in [1.807, 2.05) is 0 Å². The van der Waals surface area contributed by atoms with Crippen molar-refractivity contribution in [2.75, 3.05) is 0 Å². The summed E-state index contributed by atoms with van der Waals surface area (Å²) in [5.74, 6) is 0. The molecule has 0 fully saturated rings. The maximum absolute atomic E-state index is 0. The van der Waals surface area contributed by atoms with E-state index in [4.69, 9.17) is 0 Å². The molecule has 0 unspecified atom stereocenters. The standard InChI is InChI=1S/Ca.3ClH.Na.2H2O/h;3*1H;;2*1H2/q+2;;;;+1;;/p-3. The second-order valence-electron chi connectivity index (χ2n) is 0. The van der Waals surface area contributed by atoms with Crippen molar-refractivity contribution in [2.45, 2.75) is 0 Å². The third-order valence-corrected chi connectivity index (χ3v) is 0. The van der Waals surface area contributed by atoms with Crippen molar-refractivity contribution >= 4 is 37.7 Å². The number of hydrogen-bond acceptors (Lipinski definition) is 0. The second-order valence-corrected chi connectivity index (χ2v) is 0. The first-order valence-electron chi connectivity index (χ1n) is 0. The first-order chi connectivity index (χ1) is 0. The fourth-order valence-corrected chi connectivity index (χ4v) is 0. The smallest absolute Gasteiger partial charge is 1.00 e. The largest absolute Gasteiger partial charge is 2.00 e. The molecule has 0 aromatic rings. The Morgan fingerprint density at radius 2 is 0.571 bits per heavy atom. The van der Waals surface area contributed by atoms with Crippen LogP contribution < -0.4 is 66.8 Å². The molecule has 0 saturated heterocycles. The molecule has 7 heteroatoms. The molecule has 40 valence electrons. The van der Waals surface area contributed by atoms with Crippen LogP contribution in [0.2, 0.25) is 0 Å². The molecule has 0 heterocycles. The summed E-state index contributed by atoms with van der Waals surface area (Å²) in [6.07, 6.45) is 0. The van der Waals surface area contributed by atoms with E-state index in [-0.39, 0.29) is 115 Å². The fourth-order valence-electron chi connectivity index (χ4n) is 0. The zero-order valence-electron chi connectivity index (χ0n) is 3.84. The summed E-state index contributed by atoms with van der Waals surface area (Å²) in [6, 6.07) is 0. The maximum Gasteiger partial charge on any atom is 2.00 e. The van der Waals surface area contributed by atoms with Crippen LogP contribution in [0.4, 0.5) is 0 Å². The Balaban J connectivity index is 0. The zero-order chi connectivity index (χ0) is 0. The van der Waals surface area contributed by atoms with Gasteiger partial charge in [0.05, 0.1) is 0 Å². The van der Waals surface area contributed by atoms with Crippen LogP contribution in [0.5, 0.6) is 0 Å². The van der Waals surface area contributed by atoms with E-state index in [1.54, 1.807) is 0 Å². The molecule has 4 N–H and O–H groups in total. The van der Waals surface area contributed by atoms with Crippen LogP contribution in [0.3, 0.4) is 0 Å². The molecule has 0 aliphatic heterocycles. The summed E-state index contributed by atoms with van der Waals surface area (Å²) < 4.78 is 0. The molecule has 0 aromatic carbocycles. The monoisotopic (exact) mass is 204 g/mol. The van der Waals surface area contributed by atoms with Crippen molar-refractivity contribution in [2.24, 2.45) is 0 Å². The van der Waals surface area contributed by atoms with Crippen molar-refractivity contribution < 1.29 is 77.7 Å². The third-order valence-electron chi connectivity index (χ3n) is 0. The van der Waals surface area contributed by atoms with Gasteiger partial charge in [0.25, 0.3) is 0 Å². The van der Waals surface area contributed by atoms with E-state index < -0.39 is 0 Å². The molecule has 0 aromatic heterocycles. The van der Waals surface area contributed by atoms with Gasteiger partial charge in [0.1, 0.15) is 0 Å². The Kier molecular flexibility index (Phi) is 797. The van der Waals surface area contributed by atoms with Gasteiger partial charge in [-0.3, -0.25) is 0 Å². The topological polar surface area (TPSA) is 63.0 Å². The van der Waals surface area contributed by atoms with Gasteiger partial charge in [-0.25, -0.2) is 0 Å². The van der Waals surface area contributed by atoms with Gasteiger partial charge in [-0.05, 0) is 0 Å². The normalized spacial score (nSPS) is 0. The van der Waals surface area contributed by atoms with Crippen LogP contribution in [0, 0.1) is 0 Å². The van der Waals surface area contributed by atoms with Gasteiger partial charge in [0.15, 0.2) is 0 Å². The quantitative estimate of drug-likeness (QED) is 0.353. The first kappa shape index (κ1) is 88.5. The van der Waals surface area contributed by atoms with Gasteiger partial charge in [-0.2, -0.15) is 0 Å². The Morgan fingerprint density at radius 1 is 0.571 bits per heavy atom. The Morgan fingerprint density at radius 3 is 0.571 bits per heavy atom. The summed E-state index contributed by atoms with van der Waals surface area (Å²) in [4.78, 5) is 0. The summed E-state index contributed by atoms with van der Waals surface area (Å²) >= 11 is 0. The van der Waals surface area contributed by atoms with Gasteiger partial charge in [0, 0.05) is 0 Å². The molecular formula is H4CaCl3NaO2. The average Bonchev–Trinajstić information content (AvgIpc) is 0. The Labute approximate surface area is 113 Å². The van der Waals surface area contributed by atoms with Gasteiger partial charge in [0.2, 0.25) is 0 Å². The molecule has 0 saturated carbocycles. The first-order valence-corrected chi connectivity index (χ1v) is 0. The summed E-state index contributed by atoms with van der Waals surface area (Å²) in [6.45, 7) is 0. The van der Waals surface area contributed by atoms with Crippen molar-refractivity contribution in [3.05, 3.63) is 0 Å². The van der Waals surface area contributed by atoms with E-state index in [2.05, 4.69) is 0 Å².